The molecule has 0 aromatic rings. The van der Waals surface area contributed by atoms with Gasteiger partial charge in [0.15, 0.2) is 10.2 Å². The highest BCUT2D eigenvalue weighted by molar-refractivity contribution is 8.15. The zero-order valence-corrected chi connectivity index (χ0v) is 39.0. The van der Waals surface area contributed by atoms with Gasteiger partial charge in [0.2, 0.25) is 0 Å². The molecule has 0 amide bonds. The van der Waals surface area contributed by atoms with Gasteiger partial charge in [0.05, 0.1) is 21.7 Å². The van der Waals surface area contributed by atoms with Gasteiger partial charge in [-0.05, 0) is 107 Å². The van der Waals surface area contributed by atoms with Crippen LogP contribution in [0.4, 0.5) is 0 Å². The van der Waals surface area contributed by atoms with E-state index in [9.17, 15) is 9.59 Å². The van der Waals surface area contributed by atoms with Crippen molar-refractivity contribution < 1.29 is 36.1 Å². The van der Waals surface area contributed by atoms with Gasteiger partial charge in [-0.3, -0.25) is 9.59 Å². The Hall–Kier alpha value is 0.234. The average molecular weight is 807 g/mol. The van der Waals surface area contributed by atoms with Gasteiger partial charge in [-0.1, -0.05) is 95.7 Å². The van der Waals surface area contributed by atoms with Gasteiger partial charge >= 0.3 is 17.6 Å². The molecule has 0 spiro atoms. The summed E-state index contributed by atoms with van der Waals surface area (Å²) in [5.74, 6) is 0.737. The molecule has 306 valence electrons. The summed E-state index contributed by atoms with van der Waals surface area (Å²) in [5, 5.41) is 0.471. The maximum absolute atomic E-state index is 13.3. The van der Waals surface area contributed by atoms with Crippen LogP contribution >= 0.6 is 23.5 Å². The first-order valence-electron chi connectivity index (χ1n) is 20.8. The standard InChI is InChI=1S/C40H78O8S2Si2/c1-13-16-18-20-22-25-35(41)49-27-24-28-51(43-32(4)29-38(7,8)46-51)44-33(5)30-39(9,10)47-52(45-34(6)31-40(11,12)48-52)37(15-3)50-36(42)26-23-21-19-17-14-2/h32-34,37H,13-31H2,1-12H3. The summed E-state index contributed by atoms with van der Waals surface area (Å²) >= 11 is 2.82. The van der Waals surface area contributed by atoms with Gasteiger partial charge < -0.3 is 26.6 Å². The second-order valence-electron chi connectivity index (χ2n) is 17.3. The van der Waals surface area contributed by atoms with E-state index in [4.69, 9.17) is 26.6 Å². The number of thioether (sulfide) groups is 2. The molecular weight excluding hydrogens is 729 g/mol. The van der Waals surface area contributed by atoms with Crippen LogP contribution in [0.1, 0.15) is 192 Å². The van der Waals surface area contributed by atoms with Crippen molar-refractivity contribution in [3.63, 3.8) is 0 Å². The molecule has 2 heterocycles. The Bertz CT molecular complexity index is 1060. The predicted molar refractivity (Wildman–Crippen MR) is 223 cm³/mol. The molecule has 2 aliphatic rings. The van der Waals surface area contributed by atoms with Crippen LogP contribution in [0.2, 0.25) is 6.04 Å². The van der Waals surface area contributed by atoms with E-state index in [0.717, 1.165) is 50.7 Å². The molecular formula is C40H78O8S2Si2. The minimum atomic E-state index is -3.39. The largest absolute Gasteiger partial charge is 0.516 e. The van der Waals surface area contributed by atoms with Crippen LogP contribution in [0, 0.1) is 0 Å². The summed E-state index contributed by atoms with van der Waals surface area (Å²) in [6.45, 7) is 25.4. The maximum Gasteiger partial charge on any atom is 0.516 e. The zero-order chi connectivity index (χ0) is 39.1. The SMILES string of the molecule is CCCCCCCC(=O)SCCC[Si]1(OC(C)CC(C)(C)O[Si]2(C(CC)SC(=O)CCCCCCC)OC(C)CC(C)(C)O2)OC(C)CC(C)(C)O1. The Morgan fingerprint density at radius 3 is 1.87 bits per heavy atom. The number of unbranched alkanes of at least 4 members (excludes halogenated alkanes) is 8. The van der Waals surface area contributed by atoms with Crippen LogP contribution in [0.15, 0.2) is 0 Å². The summed E-state index contributed by atoms with van der Waals surface area (Å²) < 4.78 is 41.2. The highest BCUT2D eigenvalue weighted by Crippen LogP contribution is 2.43. The Morgan fingerprint density at radius 1 is 0.788 bits per heavy atom. The van der Waals surface area contributed by atoms with Crippen molar-refractivity contribution in [2.75, 3.05) is 5.75 Å². The highest BCUT2D eigenvalue weighted by atomic mass is 32.2. The van der Waals surface area contributed by atoms with E-state index in [2.05, 4.69) is 83.1 Å². The van der Waals surface area contributed by atoms with Crippen LogP contribution in [0.5, 0.6) is 0 Å². The second-order valence-corrected chi connectivity index (χ2v) is 25.2. The fraction of sp³-hybridized carbons (Fsp3) is 0.950. The molecule has 0 aromatic carbocycles. The summed E-state index contributed by atoms with van der Waals surface area (Å²) in [5.41, 5.74) is -1.48. The van der Waals surface area contributed by atoms with Crippen molar-refractivity contribution in [3.8, 4) is 0 Å². The summed E-state index contributed by atoms with van der Waals surface area (Å²) in [7, 11) is -6.51. The fourth-order valence-corrected chi connectivity index (χ4v) is 17.9. The van der Waals surface area contributed by atoms with Crippen LogP contribution in [-0.2, 0) is 36.1 Å². The first-order chi connectivity index (χ1) is 24.3. The molecule has 2 aliphatic heterocycles. The quantitative estimate of drug-likeness (QED) is 0.0656. The molecule has 0 saturated carbocycles. The van der Waals surface area contributed by atoms with E-state index in [-0.39, 0.29) is 39.0 Å². The van der Waals surface area contributed by atoms with Gasteiger partial charge in [0.1, 0.15) is 0 Å². The molecule has 12 heteroatoms. The Morgan fingerprint density at radius 2 is 1.33 bits per heavy atom. The van der Waals surface area contributed by atoms with E-state index < -0.39 is 28.8 Å². The molecule has 6 atom stereocenters. The second kappa shape index (κ2) is 22.8. The lowest BCUT2D eigenvalue weighted by Gasteiger charge is -2.50. The third-order valence-electron chi connectivity index (χ3n) is 9.63. The van der Waals surface area contributed by atoms with Crippen molar-refractivity contribution in [1.29, 1.82) is 0 Å². The molecule has 6 unspecified atom stereocenters. The van der Waals surface area contributed by atoms with Crippen molar-refractivity contribution in [3.05, 3.63) is 0 Å². The van der Waals surface area contributed by atoms with E-state index in [1.807, 2.05) is 0 Å². The van der Waals surface area contributed by atoms with Crippen LogP contribution in [-0.4, -0.2) is 73.6 Å². The molecule has 2 fully saturated rings. The lowest BCUT2D eigenvalue weighted by molar-refractivity contribution is -0.128. The number of hydrogen-bond donors (Lipinski definition) is 0. The Labute approximate surface area is 330 Å². The van der Waals surface area contributed by atoms with E-state index in [1.165, 1.54) is 62.0 Å². The Balaban J connectivity index is 2.16. The number of hydrogen-bond acceptors (Lipinski definition) is 10. The summed E-state index contributed by atoms with van der Waals surface area (Å²) in [6.07, 6.45) is 15.9. The number of carbonyl (C=O) groups is 2. The molecule has 2 saturated heterocycles. The molecule has 8 nitrogen and oxygen atoms in total. The summed E-state index contributed by atoms with van der Waals surface area (Å²) in [4.78, 5) is 25.7. The minimum Gasteiger partial charge on any atom is -0.371 e. The lowest BCUT2D eigenvalue weighted by Crippen LogP contribution is -2.66. The lowest BCUT2D eigenvalue weighted by atomic mass is 10.0. The van der Waals surface area contributed by atoms with Crippen molar-refractivity contribution in [2.45, 2.75) is 238 Å². The Kier molecular flexibility index (Phi) is 21.3. The highest BCUT2D eigenvalue weighted by Gasteiger charge is 2.60. The molecule has 0 bridgehead atoms. The fourth-order valence-electron chi connectivity index (χ4n) is 7.85. The van der Waals surface area contributed by atoms with Crippen molar-refractivity contribution >= 4 is 51.4 Å². The van der Waals surface area contributed by atoms with Crippen molar-refractivity contribution in [1.82, 2.24) is 0 Å². The molecule has 2 rings (SSSR count). The van der Waals surface area contributed by atoms with E-state index in [0.29, 0.717) is 31.7 Å². The predicted octanol–water partition coefficient (Wildman–Crippen LogP) is 11.6. The molecule has 0 aromatic heterocycles. The number of carbonyl (C=O) groups excluding carboxylic acids is 2. The third-order valence-corrected chi connectivity index (χ3v) is 19.9. The van der Waals surface area contributed by atoms with E-state index in [1.54, 1.807) is 0 Å². The minimum absolute atomic E-state index is 0.0132. The third kappa shape index (κ3) is 18.0. The van der Waals surface area contributed by atoms with E-state index >= 15 is 0 Å². The molecule has 0 N–H and O–H groups in total. The molecule has 0 aliphatic carbocycles. The maximum atomic E-state index is 13.3. The van der Waals surface area contributed by atoms with Gasteiger partial charge in [-0.2, -0.15) is 0 Å². The number of rotatable bonds is 25. The van der Waals surface area contributed by atoms with Crippen LogP contribution in [0.25, 0.3) is 0 Å². The summed E-state index contributed by atoms with van der Waals surface area (Å²) in [6, 6.07) is 0.662. The molecule has 52 heavy (non-hydrogen) atoms. The first kappa shape index (κ1) is 48.4. The topological polar surface area (TPSA) is 89.5 Å². The normalized spacial score (nSPS) is 27.3. The van der Waals surface area contributed by atoms with Gasteiger partial charge in [0.25, 0.3) is 0 Å². The van der Waals surface area contributed by atoms with Gasteiger partial charge in [-0.15, -0.1) is 0 Å². The smallest absolute Gasteiger partial charge is 0.371 e. The van der Waals surface area contributed by atoms with Crippen LogP contribution in [0.3, 0.4) is 0 Å². The monoisotopic (exact) mass is 806 g/mol. The first-order valence-corrected chi connectivity index (χ1v) is 26.4. The van der Waals surface area contributed by atoms with Crippen LogP contribution < -0.4 is 0 Å². The average Bonchev–Trinajstić information content (AvgIpc) is 2.99. The van der Waals surface area contributed by atoms with Gasteiger partial charge in [0, 0.05) is 43.0 Å². The van der Waals surface area contributed by atoms with Gasteiger partial charge in [-0.25, -0.2) is 0 Å². The molecule has 0 radical (unpaired) electrons. The van der Waals surface area contributed by atoms with Crippen molar-refractivity contribution in [2.24, 2.45) is 0 Å². The zero-order valence-electron chi connectivity index (χ0n) is 35.3.